The number of likely N-dealkylation sites (tertiary alicyclic amines) is 1. The molecule has 0 saturated carbocycles. The molecule has 0 radical (unpaired) electrons. The van der Waals surface area contributed by atoms with Crippen molar-refractivity contribution in [2.24, 2.45) is 0 Å². The zero-order chi connectivity index (χ0) is 13.3. The largest absolute Gasteiger partial charge is 0.389 e. The second-order valence-corrected chi connectivity index (χ2v) is 6.52. The third-order valence-electron chi connectivity index (χ3n) is 3.89. The van der Waals surface area contributed by atoms with Crippen LogP contribution in [0.15, 0.2) is 0 Å². The van der Waals surface area contributed by atoms with E-state index in [1.165, 1.54) is 58.0 Å². The Morgan fingerprint density at radius 3 is 2.28 bits per heavy atom. The van der Waals surface area contributed by atoms with Gasteiger partial charge in [0, 0.05) is 6.54 Å². The Balaban J connectivity index is 1.91. The summed E-state index contributed by atoms with van der Waals surface area (Å²) in [7, 11) is 0. The third-order valence-corrected chi connectivity index (χ3v) is 4.20. The van der Waals surface area contributed by atoms with E-state index in [9.17, 15) is 5.11 Å². The summed E-state index contributed by atoms with van der Waals surface area (Å²) >= 11 is 4.23. The second-order valence-electron chi connectivity index (χ2n) is 6.08. The average Bonchev–Trinajstić information content (AvgIpc) is 2.31. The number of β-amino-alcohol motifs (C(OH)–C–C–N with tert-alkyl or cyclic N) is 1. The first-order valence-electron chi connectivity index (χ1n) is 7.70. The molecular formula is C15H31NOS. The van der Waals surface area contributed by atoms with Crippen molar-refractivity contribution in [1.29, 1.82) is 0 Å². The van der Waals surface area contributed by atoms with E-state index in [1.807, 2.05) is 6.92 Å². The molecule has 3 heteroatoms. The van der Waals surface area contributed by atoms with Gasteiger partial charge in [-0.25, -0.2) is 0 Å². The lowest BCUT2D eigenvalue weighted by Gasteiger charge is -2.36. The maximum absolute atomic E-state index is 10.0. The number of piperidine rings is 1. The van der Waals surface area contributed by atoms with Crippen LogP contribution < -0.4 is 0 Å². The van der Waals surface area contributed by atoms with Gasteiger partial charge in [0.15, 0.2) is 0 Å². The zero-order valence-corrected chi connectivity index (χ0v) is 12.9. The minimum atomic E-state index is -0.439. The molecule has 1 aliphatic heterocycles. The quantitative estimate of drug-likeness (QED) is 0.496. The first-order valence-corrected chi connectivity index (χ1v) is 8.33. The summed E-state index contributed by atoms with van der Waals surface area (Å²) in [6.07, 6.45) is 11.5. The van der Waals surface area contributed by atoms with E-state index in [1.54, 1.807) is 0 Å². The van der Waals surface area contributed by atoms with Crippen LogP contribution in [0.5, 0.6) is 0 Å². The predicted molar refractivity (Wildman–Crippen MR) is 82.5 cm³/mol. The number of hydrogen-bond acceptors (Lipinski definition) is 3. The summed E-state index contributed by atoms with van der Waals surface area (Å²) in [6.45, 7) is 5.19. The van der Waals surface area contributed by atoms with E-state index >= 15 is 0 Å². The van der Waals surface area contributed by atoms with Gasteiger partial charge in [-0.3, -0.25) is 0 Å². The minimum absolute atomic E-state index is 0.439. The molecule has 0 amide bonds. The topological polar surface area (TPSA) is 23.5 Å². The van der Waals surface area contributed by atoms with Gasteiger partial charge in [0.05, 0.1) is 5.60 Å². The van der Waals surface area contributed by atoms with Crippen LogP contribution in [0.4, 0.5) is 0 Å². The number of hydrogen-bond donors (Lipinski definition) is 2. The van der Waals surface area contributed by atoms with Crippen LogP contribution >= 0.6 is 12.6 Å². The number of unbranched alkanes of at least 4 members (excludes halogenated alkanes) is 6. The molecule has 1 rings (SSSR count). The number of nitrogens with zero attached hydrogens (tertiary/aromatic N) is 1. The van der Waals surface area contributed by atoms with Crippen molar-refractivity contribution in [2.75, 3.05) is 25.4 Å². The zero-order valence-electron chi connectivity index (χ0n) is 12.0. The van der Waals surface area contributed by atoms with E-state index in [4.69, 9.17) is 0 Å². The van der Waals surface area contributed by atoms with Gasteiger partial charge >= 0.3 is 0 Å². The van der Waals surface area contributed by atoms with Gasteiger partial charge in [0.25, 0.3) is 0 Å². The van der Waals surface area contributed by atoms with Crippen molar-refractivity contribution in [2.45, 2.75) is 70.3 Å². The van der Waals surface area contributed by atoms with Crippen LogP contribution in [0.2, 0.25) is 0 Å². The van der Waals surface area contributed by atoms with Crippen LogP contribution in [0.3, 0.4) is 0 Å². The Kier molecular flexibility index (Phi) is 8.36. The van der Waals surface area contributed by atoms with E-state index in [0.717, 1.165) is 25.1 Å². The fourth-order valence-corrected chi connectivity index (χ4v) is 3.07. The molecule has 108 valence electrons. The number of thiol groups is 1. The van der Waals surface area contributed by atoms with Gasteiger partial charge in [-0.15, -0.1) is 0 Å². The van der Waals surface area contributed by atoms with Crippen molar-refractivity contribution in [3.8, 4) is 0 Å². The molecule has 0 aliphatic carbocycles. The van der Waals surface area contributed by atoms with Gasteiger partial charge in [-0.2, -0.15) is 12.6 Å². The minimum Gasteiger partial charge on any atom is -0.389 e. The van der Waals surface area contributed by atoms with E-state index in [2.05, 4.69) is 17.5 Å². The van der Waals surface area contributed by atoms with Crippen LogP contribution in [0, 0.1) is 0 Å². The third kappa shape index (κ3) is 7.65. The molecule has 1 fully saturated rings. The van der Waals surface area contributed by atoms with Crippen LogP contribution in [0.25, 0.3) is 0 Å². The lowest BCUT2D eigenvalue weighted by molar-refractivity contribution is -0.0158. The molecule has 1 heterocycles. The summed E-state index contributed by atoms with van der Waals surface area (Å²) in [5, 5.41) is 10.0. The molecule has 0 aromatic heterocycles. The summed E-state index contributed by atoms with van der Waals surface area (Å²) in [5.74, 6) is 1.04. The van der Waals surface area contributed by atoms with Crippen LogP contribution in [0.1, 0.15) is 64.7 Å². The Morgan fingerprint density at radius 1 is 1.06 bits per heavy atom. The van der Waals surface area contributed by atoms with Crippen molar-refractivity contribution < 1.29 is 5.11 Å². The van der Waals surface area contributed by atoms with Gasteiger partial charge in [-0.05, 0) is 51.4 Å². The Labute approximate surface area is 119 Å². The van der Waals surface area contributed by atoms with E-state index in [0.29, 0.717) is 0 Å². The molecule has 1 atom stereocenters. The normalized spacial score (nSPS) is 25.5. The van der Waals surface area contributed by atoms with Crippen molar-refractivity contribution >= 4 is 12.6 Å². The maximum Gasteiger partial charge on any atom is 0.0746 e. The smallest absolute Gasteiger partial charge is 0.0746 e. The molecule has 0 bridgehead atoms. The van der Waals surface area contributed by atoms with Crippen molar-refractivity contribution in [3.05, 3.63) is 0 Å². The fourth-order valence-electron chi connectivity index (χ4n) is 2.85. The molecule has 0 aromatic carbocycles. The summed E-state index contributed by atoms with van der Waals surface area (Å²) in [4.78, 5) is 2.43. The molecule has 2 nitrogen and oxygen atoms in total. The van der Waals surface area contributed by atoms with Crippen molar-refractivity contribution in [3.63, 3.8) is 0 Å². The lowest BCUT2D eigenvalue weighted by atomic mass is 9.95. The summed E-state index contributed by atoms with van der Waals surface area (Å²) < 4.78 is 0. The molecule has 0 aromatic rings. The maximum atomic E-state index is 10.0. The predicted octanol–water partition coefficient (Wildman–Crippen LogP) is 3.49. The van der Waals surface area contributed by atoms with Gasteiger partial charge in [0.2, 0.25) is 0 Å². The van der Waals surface area contributed by atoms with Crippen molar-refractivity contribution in [1.82, 2.24) is 4.90 Å². The standard InChI is InChI=1S/C15H31NOS/c1-15(17)10-9-12-16(14-15)11-7-5-3-2-4-6-8-13-18/h17-18H,2-14H2,1H3. The number of rotatable bonds is 9. The molecule has 1 aliphatic rings. The van der Waals surface area contributed by atoms with E-state index < -0.39 is 5.60 Å². The summed E-state index contributed by atoms with van der Waals surface area (Å²) in [6, 6.07) is 0. The SMILES string of the molecule is CC1(O)CCCN(CCCCCCCCCS)C1. The van der Waals surface area contributed by atoms with E-state index in [-0.39, 0.29) is 0 Å². The monoisotopic (exact) mass is 273 g/mol. The highest BCUT2D eigenvalue weighted by Gasteiger charge is 2.27. The number of aliphatic hydroxyl groups is 1. The van der Waals surface area contributed by atoms with Gasteiger partial charge < -0.3 is 10.0 Å². The Bertz CT molecular complexity index is 209. The van der Waals surface area contributed by atoms with Crippen LogP contribution in [-0.2, 0) is 0 Å². The fraction of sp³-hybridized carbons (Fsp3) is 1.00. The Morgan fingerprint density at radius 2 is 1.67 bits per heavy atom. The van der Waals surface area contributed by atoms with Crippen LogP contribution in [-0.4, -0.2) is 41.0 Å². The molecule has 0 spiro atoms. The highest BCUT2D eigenvalue weighted by Crippen LogP contribution is 2.20. The summed E-state index contributed by atoms with van der Waals surface area (Å²) in [5.41, 5.74) is -0.439. The first-order chi connectivity index (χ1) is 8.64. The van der Waals surface area contributed by atoms with Gasteiger partial charge in [0.1, 0.15) is 0 Å². The molecule has 1 unspecified atom stereocenters. The molecular weight excluding hydrogens is 242 g/mol. The molecule has 18 heavy (non-hydrogen) atoms. The molecule has 1 saturated heterocycles. The highest BCUT2D eigenvalue weighted by molar-refractivity contribution is 7.80. The highest BCUT2D eigenvalue weighted by atomic mass is 32.1. The molecule has 1 N–H and O–H groups in total. The average molecular weight is 273 g/mol. The second kappa shape index (κ2) is 9.22. The lowest BCUT2D eigenvalue weighted by Crippen LogP contribution is -2.46. The van der Waals surface area contributed by atoms with Gasteiger partial charge in [-0.1, -0.05) is 32.1 Å². The first kappa shape index (κ1) is 16.3. The Hall–Kier alpha value is 0.270.